The van der Waals surface area contributed by atoms with Gasteiger partial charge in [-0.05, 0) is 56.1 Å². The molecule has 0 N–H and O–H groups in total. The topological polar surface area (TPSA) is 37.4 Å². The largest absolute Gasteiger partial charge is 0.270 e. The zero-order valence-electron chi connectivity index (χ0n) is 16.1. The molecular formula is C27H17NO2. The predicted octanol–water partition coefficient (Wildman–Crippen LogP) is 5.94. The minimum absolute atomic E-state index is 0.223. The number of benzene rings is 5. The van der Waals surface area contributed by atoms with Crippen LogP contribution in [0.5, 0.6) is 0 Å². The Bertz CT molecular complexity index is 1450. The predicted molar refractivity (Wildman–Crippen MR) is 120 cm³/mol. The lowest BCUT2D eigenvalue weighted by Crippen LogP contribution is -2.29. The average molecular weight is 387 g/mol. The quantitative estimate of drug-likeness (QED) is 0.278. The number of amides is 2. The SMILES string of the molecule is O=C1c2ccccc2C(=O)N1Cc1ccc2c3ccccc3c3ccccc3c2c1. The van der Waals surface area contributed by atoms with E-state index in [2.05, 4.69) is 54.6 Å². The van der Waals surface area contributed by atoms with Crippen LogP contribution in [0.3, 0.4) is 0 Å². The average Bonchev–Trinajstić information content (AvgIpc) is 3.04. The maximum Gasteiger partial charge on any atom is 0.261 e. The van der Waals surface area contributed by atoms with Crippen molar-refractivity contribution in [2.75, 3.05) is 0 Å². The Labute approximate surface area is 173 Å². The highest BCUT2D eigenvalue weighted by Crippen LogP contribution is 2.35. The molecule has 6 rings (SSSR count). The van der Waals surface area contributed by atoms with E-state index < -0.39 is 0 Å². The van der Waals surface area contributed by atoms with Crippen molar-refractivity contribution in [2.45, 2.75) is 6.54 Å². The Morgan fingerprint density at radius 2 is 0.933 bits per heavy atom. The van der Waals surface area contributed by atoms with Crippen molar-refractivity contribution in [2.24, 2.45) is 0 Å². The van der Waals surface area contributed by atoms with Gasteiger partial charge in [-0.1, -0.05) is 72.8 Å². The minimum Gasteiger partial charge on any atom is -0.270 e. The van der Waals surface area contributed by atoms with Gasteiger partial charge in [0.05, 0.1) is 17.7 Å². The third-order valence-electron chi connectivity index (χ3n) is 6.03. The molecule has 5 aromatic rings. The lowest BCUT2D eigenvalue weighted by molar-refractivity contribution is 0.0642. The van der Waals surface area contributed by atoms with Crippen LogP contribution in [0.2, 0.25) is 0 Å². The smallest absolute Gasteiger partial charge is 0.261 e. The second-order valence-corrected chi connectivity index (χ2v) is 7.71. The van der Waals surface area contributed by atoms with Gasteiger partial charge >= 0.3 is 0 Å². The summed E-state index contributed by atoms with van der Waals surface area (Å²) in [7, 11) is 0. The van der Waals surface area contributed by atoms with Gasteiger partial charge in [-0.2, -0.15) is 0 Å². The second-order valence-electron chi connectivity index (χ2n) is 7.71. The molecule has 0 radical (unpaired) electrons. The molecule has 3 heteroatoms. The molecule has 0 atom stereocenters. The van der Waals surface area contributed by atoms with E-state index in [-0.39, 0.29) is 18.4 Å². The van der Waals surface area contributed by atoms with Gasteiger partial charge in [0.25, 0.3) is 11.8 Å². The highest BCUT2D eigenvalue weighted by molar-refractivity contribution is 6.25. The highest BCUT2D eigenvalue weighted by atomic mass is 16.2. The summed E-state index contributed by atoms with van der Waals surface area (Å²) in [6.07, 6.45) is 0. The molecule has 142 valence electrons. The second kappa shape index (κ2) is 6.26. The monoisotopic (exact) mass is 387 g/mol. The van der Waals surface area contributed by atoms with Crippen LogP contribution < -0.4 is 0 Å². The molecule has 0 aliphatic carbocycles. The van der Waals surface area contributed by atoms with Crippen molar-refractivity contribution in [1.29, 1.82) is 0 Å². The van der Waals surface area contributed by atoms with Crippen molar-refractivity contribution in [1.82, 2.24) is 4.90 Å². The summed E-state index contributed by atoms with van der Waals surface area (Å²) in [5, 5.41) is 7.13. The van der Waals surface area contributed by atoms with Crippen LogP contribution in [0.4, 0.5) is 0 Å². The van der Waals surface area contributed by atoms with E-state index >= 15 is 0 Å². The summed E-state index contributed by atoms with van der Waals surface area (Å²) < 4.78 is 0. The number of nitrogens with zero attached hydrogens (tertiary/aromatic N) is 1. The molecule has 5 aromatic carbocycles. The molecule has 30 heavy (non-hydrogen) atoms. The maximum atomic E-state index is 12.8. The number of hydrogen-bond acceptors (Lipinski definition) is 2. The normalized spacial score (nSPS) is 13.5. The molecular weight excluding hydrogens is 370 g/mol. The summed E-state index contributed by atoms with van der Waals surface area (Å²) in [4.78, 5) is 26.9. The van der Waals surface area contributed by atoms with Gasteiger partial charge in [0.2, 0.25) is 0 Å². The molecule has 3 nitrogen and oxygen atoms in total. The van der Waals surface area contributed by atoms with Crippen LogP contribution in [0, 0.1) is 0 Å². The van der Waals surface area contributed by atoms with Crippen LogP contribution in [0.15, 0.2) is 91.0 Å². The first-order valence-electron chi connectivity index (χ1n) is 10.00. The Morgan fingerprint density at radius 3 is 1.47 bits per heavy atom. The van der Waals surface area contributed by atoms with Crippen LogP contribution in [-0.4, -0.2) is 16.7 Å². The Kier molecular flexibility index (Phi) is 3.53. The van der Waals surface area contributed by atoms with Crippen molar-refractivity contribution < 1.29 is 9.59 Å². The first-order valence-corrected chi connectivity index (χ1v) is 10.00. The number of fused-ring (bicyclic) bond motifs is 7. The third kappa shape index (κ3) is 2.32. The molecule has 0 saturated heterocycles. The van der Waals surface area contributed by atoms with E-state index in [0.29, 0.717) is 11.1 Å². The van der Waals surface area contributed by atoms with Crippen LogP contribution in [0.25, 0.3) is 32.3 Å². The molecule has 0 fully saturated rings. The molecule has 0 unspecified atom stereocenters. The lowest BCUT2D eigenvalue weighted by atomic mass is 9.93. The summed E-state index contributed by atoms with van der Waals surface area (Å²) in [5.74, 6) is -0.446. The molecule has 0 aromatic heterocycles. The number of carbonyl (C=O) groups excluding carboxylic acids is 2. The van der Waals surface area contributed by atoms with E-state index in [0.717, 1.165) is 10.9 Å². The van der Waals surface area contributed by atoms with Crippen molar-refractivity contribution in [3.05, 3.63) is 108 Å². The van der Waals surface area contributed by atoms with Gasteiger partial charge in [-0.15, -0.1) is 0 Å². The zero-order chi connectivity index (χ0) is 20.2. The maximum absolute atomic E-state index is 12.8. The van der Waals surface area contributed by atoms with E-state index in [1.165, 1.54) is 31.8 Å². The Morgan fingerprint density at radius 1 is 0.500 bits per heavy atom. The summed E-state index contributed by atoms with van der Waals surface area (Å²) in [6.45, 7) is 0.267. The van der Waals surface area contributed by atoms with Gasteiger partial charge in [-0.3, -0.25) is 14.5 Å². The van der Waals surface area contributed by atoms with Crippen LogP contribution in [-0.2, 0) is 6.54 Å². The fourth-order valence-corrected chi connectivity index (χ4v) is 4.62. The Hall–Kier alpha value is -3.98. The third-order valence-corrected chi connectivity index (χ3v) is 6.03. The molecule has 0 bridgehead atoms. The van der Waals surface area contributed by atoms with Crippen LogP contribution in [0.1, 0.15) is 26.3 Å². The van der Waals surface area contributed by atoms with Crippen molar-refractivity contribution in [3.8, 4) is 0 Å². The van der Waals surface area contributed by atoms with Crippen molar-refractivity contribution in [3.63, 3.8) is 0 Å². The number of hydrogen-bond donors (Lipinski definition) is 0. The lowest BCUT2D eigenvalue weighted by Gasteiger charge is -2.16. The van der Waals surface area contributed by atoms with Gasteiger partial charge in [0.15, 0.2) is 0 Å². The first-order chi connectivity index (χ1) is 14.7. The minimum atomic E-state index is -0.223. The van der Waals surface area contributed by atoms with Crippen molar-refractivity contribution >= 4 is 44.1 Å². The van der Waals surface area contributed by atoms with Gasteiger partial charge in [0, 0.05) is 0 Å². The standard InChI is InChI=1S/C27H17NO2/c29-26-23-11-5-6-12-24(23)27(30)28(26)16-17-13-14-22-20-9-2-1-7-18(20)19-8-3-4-10-21(19)25(22)15-17/h1-15H,16H2. The molecule has 0 saturated carbocycles. The van der Waals surface area contributed by atoms with Gasteiger partial charge in [-0.25, -0.2) is 0 Å². The molecule has 1 aliphatic heterocycles. The van der Waals surface area contributed by atoms with Crippen LogP contribution >= 0.6 is 0 Å². The Balaban J connectivity index is 1.52. The highest BCUT2D eigenvalue weighted by Gasteiger charge is 2.34. The summed E-state index contributed by atoms with van der Waals surface area (Å²) in [6, 6.07) is 30.1. The number of imide groups is 1. The zero-order valence-corrected chi connectivity index (χ0v) is 16.1. The molecule has 1 heterocycles. The van der Waals surface area contributed by atoms with E-state index in [4.69, 9.17) is 0 Å². The fourth-order valence-electron chi connectivity index (χ4n) is 4.62. The van der Waals surface area contributed by atoms with E-state index in [1.807, 2.05) is 12.1 Å². The molecule has 1 aliphatic rings. The number of carbonyl (C=O) groups is 2. The van der Waals surface area contributed by atoms with E-state index in [1.54, 1.807) is 24.3 Å². The van der Waals surface area contributed by atoms with Gasteiger partial charge in [0.1, 0.15) is 0 Å². The molecule has 2 amide bonds. The van der Waals surface area contributed by atoms with Gasteiger partial charge < -0.3 is 0 Å². The molecule has 0 spiro atoms. The summed E-state index contributed by atoms with van der Waals surface area (Å²) in [5.41, 5.74) is 1.91. The first kappa shape index (κ1) is 16.9. The fraction of sp³-hybridized carbons (Fsp3) is 0.0370. The summed E-state index contributed by atoms with van der Waals surface area (Å²) >= 11 is 0. The van der Waals surface area contributed by atoms with E-state index in [9.17, 15) is 9.59 Å². The number of rotatable bonds is 2.